The molecule has 0 aromatic heterocycles. The highest BCUT2D eigenvalue weighted by Crippen LogP contribution is 2.24. The molecule has 0 aliphatic rings. The maximum absolute atomic E-state index is 11.9. The molecule has 0 bridgehead atoms. The first-order chi connectivity index (χ1) is 8.27. The molecule has 0 aliphatic heterocycles. The van der Waals surface area contributed by atoms with Crippen molar-refractivity contribution >= 4 is 37.6 Å². The van der Waals surface area contributed by atoms with Crippen molar-refractivity contribution in [2.75, 3.05) is 12.8 Å². The summed E-state index contributed by atoms with van der Waals surface area (Å²) in [4.78, 5) is 21.7. The molecule has 0 aliphatic carbocycles. The predicted molar refractivity (Wildman–Crippen MR) is 67.2 cm³/mol. The molecule has 0 unspecified atom stereocenters. The minimum atomic E-state index is -3.88. The maximum Gasteiger partial charge on any atom is 0.335 e. The van der Waals surface area contributed by atoms with Crippen LogP contribution in [0.15, 0.2) is 27.6 Å². The molecule has 98 valence electrons. The fourth-order valence-corrected chi connectivity index (χ4v) is 3.50. The number of benzene rings is 1. The molecular formula is C10H10BrNO5S. The number of carbonyl (C=O) groups excluding carboxylic acids is 1. The van der Waals surface area contributed by atoms with Gasteiger partial charge in [-0.25, -0.2) is 13.2 Å². The smallest absolute Gasteiger partial charge is 0.335 e. The highest BCUT2D eigenvalue weighted by molar-refractivity contribution is 9.10. The SMILES string of the molecule is CNC(=O)CS(=O)(=O)c1cc(C(=O)O)ccc1Br. The third-order valence-electron chi connectivity index (χ3n) is 2.11. The van der Waals surface area contributed by atoms with Crippen LogP contribution < -0.4 is 5.32 Å². The minimum absolute atomic E-state index is 0.159. The fraction of sp³-hybridized carbons (Fsp3) is 0.200. The van der Waals surface area contributed by atoms with Crippen molar-refractivity contribution in [3.05, 3.63) is 28.2 Å². The first kappa shape index (κ1) is 14.7. The van der Waals surface area contributed by atoms with E-state index < -0.39 is 27.5 Å². The van der Waals surface area contributed by atoms with Crippen LogP contribution in [0.1, 0.15) is 10.4 Å². The number of halogens is 1. The number of nitrogens with one attached hydrogen (secondary N) is 1. The molecule has 1 rings (SSSR count). The van der Waals surface area contributed by atoms with Gasteiger partial charge in [-0.1, -0.05) is 0 Å². The Hall–Kier alpha value is -1.41. The second kappa shape index (κ2) is 5.49. The molecule has 0 saturated heterocycles. The topological polar surface area (TPSA) is 101 Å². The van der Waals surface area contributed by atoms with Gasteiger partial charge in [0.2, 0.25) is 5.91 Å². The second-order valence-corrected chi connectivity index (χ2v) is 6.19. The second-order valence-electron chi connectivity index (χ2n) is 3.38. The summed E-state index contributed by atoms with van der Waals surface area (Å²) in [6, 6.07) is 3.61. The number of hydrogen-bond donors (Lipinski definition) is 2. The van der Waals surface area contributed by atoms with Crippen molar-refractivity contribution in [3.8, 4) is 0 Å². The number of carboxylic acids is 1. The Kier molecular flexibility index (Phi) is 4.47. The summed E-state index contributed by atoms with van der Waals surface area (Å²) in [5, 5.41) is 11.0. The Bertz CT molecular complexity index is 596. The summed E-state index contributed by atoms with van der Waals surface area (Å²) < 4.78 is 24.0. The van der Waals surface area contributed by atoms with Crippen LogP contribution in [-0.2, 0) is 14.6 Å². The predicted octanol–water partition coefficient (Wildman–Crippen LogP) is 0.667. The van der Waals surface area contributed by atoms with E-state index in [1.54, 1.807) is 0 Å². The van der Waals surface area contributed by atoms with Crippen LogP contribution in [-0.4, -0.2) is 38.2 Å². The Morgan fingerprint density at radius 1 is 1.39 bits per heavy atom. The normalized spacial score (nSPS) is 11.0. The number of amides is 1. The molecule has 0 radical (unpaired) electrons. The largest absolute Gasteiger partial charge is 0.478 e. The summed E-state index contributed by atoms with van der Waals surface area (Å²) in [5.74, 6) is -2.63. The lowest BCUT2D eigenvalue weighted by atomic mass is 10.2. The van der Waals surface area contributed by atoms with Gasteiger partial charge < -0.3 is 10.4 Å². The van der Waals surface area contributed by atoms with Gasteiger partial charge in [0.05, 0.1) is 10.5 Å². The molecule has 0 heterocycles. The number of rotatable bonds is 4. The molecule has 18 heavy (non-hydrogen) atoms. The highest BCUT2D eigenvalue weighted by Gasteiger charge is 2.22. The van der Waals surface area contributed by atoms with Gasteiger partial charge in [-0.05, 0) is 34.1 Å². The third kappa shape index (κ3) is 3.30. The van der Waals surface area contributed by atoms with Crippen LogP contribution >= 0.6 is 15.9 Å². The van der Waals surface area contributed by atoms with Crippen molar-refractivity contribution < 1.29 is 23.1 Å². The Morgan fingerprint density at radius 3 is 2.50 bits per heavy atom. The third-order valence-corrected chi connectivity index (χ3v) is 4.72. The van der Waals surface area contributed by atoms with Gasteiger partial charge in [0, 0.05) is 11.5 Å². The molecule has 1 aromatic carbocycles. The zero-order valence-electron chi connectivity index (χ0n) is 9.31. The Labute approximate surface area is 112 Å². The van der Waals surface area contributed by atoms with Crippen LogP contribution in [0.5, 0.6) is 0 Å². The van der Waals surface area contributed by atoms with E-state index in [1.165, 1.54) is 19.2 Å². The van der Waals surface area contributed by atoms with E-state index in [2.05, 4.69) is 21.2 Å². The molecule has 6 nitrogen and oxygen atoms in total. The van der Waals surface area contributed by atoms with E-state index in [4.69, 9.17) is 5.11 Å². The van der Waals surface area contributed by atoms with E-state index in [9.17, 15) is 18.0 Å². The zero-order chi connectivity index (χ0) is 13.9. The van der Waals surface area contributed by atoms with Crippen LogP contribution in [0.2, 0.25) is 0 Å². The molecule has 1 amide bonds. The summed E-state index contributed by atoms with van der Waals surface area (Å²) in [6.45, 7) is 0. The highest BCUT2D eigenvalue weighted by atomic mass is 79.9. The molecule has 1 aromatic rings. The average molecular weight is 336 g/mol. The first-order valence-corrected chi connectivity index (χ1v) is 7.18. The van der Waals surface area contributed by atoms with Crippen LogP contribution in [0.3, 0.4) is 0 Å². The lowest BCUT2D eigenvalue weighted by Crippen LogP contribution is -2.27. The lowest BCUT2D eigenvalue weighted by molar-refractivity contribution is -0.118. The van der Waals surface area contributed by atoms with Gasteiger partial charge >= 0.3 is 5.97 Å². The van der Waals surface area contributed by atoms with Crippen molar-refractivity contribution in [2.24, 2.45) is 0 Å². The molecule has 0 fully saturated rings. The molecule has 0 saturated carbocycles. The molecule has 0 atom stereocenters. The van der Waals surface area contributed by atoms with Gasteiger partial charge in [0.25, 0.3) is 0 Å². The van der Waals surface area contributed by atoms with E-state index >= 15 is 0 Å². The van der Waals surface area contributed by atoms with Crippen molar-refractivity contribution in [1.29, 1.82) is 0 Å². The molecular weight excluding hydrogens is 326 g/mol. The van der Waals surface area contributed by atoms with Crippen LogP contribution in [0.25, 0.3) is 0 Å². The van der Waals surface area contributed by atoms with E-state index in [0.717, 1.165) is 6.07 Å². The fourth-order valence-electron chi connectivity index (χ4n) is 1.20. The number of sulfone groups is 1. The molecule has 0 spiro atoms. The van der Waals surface area contributed by atoms with Crippen molar-refractivity contribution in [3.63, 3.8) is 0 Å². The summed E-state index contributed by atoms with van der Waals surface area (Å²) in [6.07, 6.45) is 0. The van der Waals surface area contributed by atoms with Gasteiger partial charge in [-0.2, -0.15) is 0 Å². The molecule has 8 heteroatoms. The number of aromatic carboxylic acids is 1. The Morgan fingerprint density at radius 2 is 2.00 bits per heavy atom. The minimum Gasteiger partial charge on any atom is -0.478 e. The van der Waals surface area contributed by atoms with Crippen LogP contribution in [0, 0.1) is 0 Å². The number of carboxylic acid groups (broad SMARTS) is 1. The van der Waals surface area contributed by atoms with Gasteiger partial charge in [0.15, 0.2) is 9.84 Å². The van der Waals surface area contributed by atoms with E-state index in [1.807, 2.05) is 0 Å². The van der Waals surface area contributed by atoms with Crippen LogP contribution in [0.4, 0.5) is 0 Å². The molecule has 2 N–H and O–H groups in total. The monoisotopic (exact) mass is 335 g/mol. The zero-order valence-corrected chi connectivity index (χ0v) is 11.7. The standard InChI is InChI=1S/C10H10BrNO5S/c1-12-9(13)5-18(16,17)8-4-6(10(14)15)2-3-7(8)11/h2-4H,5H2,1H3,(H,12,13)(H,14,15). The van der Waals surface area contributed by atoms with E-state index in [-0.39, 0.29) is 14.9 Å². The summed E-state index contributed by atoms with van der Waals surface area (Å²) >= 11 is 3.02. The van der Waals surface area contributed by atoms with Crippen molar-refractivity contribution in [2.45, 2.75) is 4.90 Å². The van der Waals surface area contributed by atoms with Gasteiger partial charge in [-0.3, -0.25) is 4.79 Å². The number of carbonyl (C=O) groups is 2. The summed E-state index contributed by atoms with van der Waals surface area (Å²) in [7, 11) is -2.56. The Balaban J connectivity index is 3.27. The number of hydrogen-bond acceptors (Lipinski definition) is 4. The van der Waals surface area contributed by atoms with Gasteiger partial charge in [-0.15, -0.1) is 0 Å². The van der Waals surface area contributed by atoms with Crippen molar-refractivity contribution in [1.82, 2.24) is 5.32 Å². The maximum atomic E-state index is 11.9. The van der Waals surface area contributed by atoms with Gasteiger partial charge in [0.1, 0.15) is 5.75 Å². The van der Waals surface area contributed by atoms with E-state index in [0.29, 0.717) is 0 Å². The lowest BCUT2D eigenvalue weighted by Gasteiger charge is -2.07. The average Bonchev–Trinajstić information content (AvgIpc) is 2.28. The first-order valence-electron chi connectivity index (χ1n) is 4.74. The quantitative estimate of drug-likeness (QED) is 0.842. The summed E-state index contributed by atoms with van der Waals surface area (Å²) in [5.41, 5.74) is -0.159.